The number of amides is 1. The van der Waals surface area contributed by atoms with Crippen LogP contribution in [0.4, 0.5) is 0 Å². The van der Waals surface area contributed by atoms with E-state index in [1.807, 2.05) is 31.2 Å². The molecule has 1 heterocycles. The number of piperidine rings is 1. The van der Waals surface area contributed by atoms with E-state index in [9.17, 15) is 9.59 Å². The van der Waals surface area contributed by atoms with E-state index in [1.54, 1.807) is 4.90 Å². The minimum absolute atomic E-state index is 0.00302. The Labute approximate surface area is 124 Å². The van der Waals surface area contributed by atoms with Gasteiger partial charge >= 0.3 is 5.97 Å². The Morgan fingerprint density at radius 1 is 1.29 bits per heavy atom. The summed E-state index contributed by atoms with van der Waals surface area (Å²) in [5, 5.41) is 0. The van der Waals surface area contributed by atoms with E-state index >= 15 is 0 Å². The second-order valence-corrected chi connectivity index (χ2v) is 5.30. The molecule has 1 aromatic rings. The summed E-state index contributed by atoms with van der Waals surface area (Å²) in [4.78, 5) is 25.4. The molecule has 1 saturated heterocycles. The van der Waals surface area contributed by atoms with Gasteiger partial charge in [-0.2, -0.15) is 0 Å². The molecule has 2 rings (SSSR count). The van der Waals surface area contributed by atoms with Crippen molar-refractivity contribution in [3.63, 3.8) is 0 Å². The fourth-order valence-corrected chi connectivity index (χ4v) is 2.43. The molecule has 1 aliphatic rings. The van der Waals surface area contributed by atoms with Crippen LogP contribution in [0.1, 0.15) is 18.4 Å². The fourth-order valence-electron chi connectivity index (χ4n) is 2.43. The largest absolute Gasteiger partial charge is 0.484 e. The van der Waals surface area contributed by atoms with Gasteiger partial charge in [0.15, 0.2) is 6.61 Å². The van der Waals surface area contributed by atoms with E-state index in [2.05, 4.69) is 0 Å². The lowest BCUT2D eigenvalue weighted by Crippen LogP contribution is -2.44. The molecule has 1 unspecified atom stereocenters. The van der Waals surface area contributed by atoms with E-state index in [-0.39, 0.29) is 24.4 Å². The Morgan fingerprint density at radius 2 is 2.00 bits per heavy atom. The third kappa shape index (κ3) is 4.21. The average Bonchev–Trinajstić information content (AvgIpc) is 2.53. The van der Waals surface area contributed by atoms with Gasteiger partial charge < -0.3 is 14.4 Å². The van der Waals surface area contributed by atoms with Gasteiger partial charge in [0.25, 0.3) is 5.91 Å². The molecule has 0 aliphatic carbocycles. The molecular formula is C16H21NO4. The van der Waals surface area contributed by atoms with Crippen LogP contribution in [0.3, 0.4) is 0 Å². The van der Waals surface area contributed by atoms with Gasteiger partial charge in [-0.15, -0.1) is 0 Å². The van der Waals surface area contributed by atoms with E-state index in [0.29, 0.717) is 18.8 Å². The highest BCUT2D eigenvalue weighted by molar-refractivity contribution is 5.79. The zero-order valence-corrected chi connectivity index (χ0v) is 12.5. The van der Waals surface area contributed by atoms with Gasteiger partial charge in [-0.05, 0) is 31.9 Å². The molecule has 0 bridgehead atoms. The summed E-state index contributed by atoms with van der Waals surface area (Å²) in [5.74, 6) is 0.124. The third-order valence-corrected chi connectivity index (χ3v) is 3.69. The number of esters is 1. The number of hydrogen-bond donors (Lipinski definition) is 0. The number of carbonyl (C=O) groups excluding carboxylic acids is 2. The lowest BCUT2D eigenvalue weighted by atomic mass is 9.98. The van der Waals surface area contributed by atoms with Crippen LogP contribution in [0.5, 0.6) is 5.75 Å². The average molecular weight is 291 g/mol. The van der Waals surface area contributed by atoms with Crippen molar-refractivity contribution >= 4 is 11.9 Å². The first-order valence-electron chi connectivity index (χ1n) is 7.15. The highest BCUT2D eigenvalue weighted by Crippen LogP contribution is 2.18. The predicted octanol–water partition coefficient (Wildman–Crippen LogP) is 1.79. The number of aryl methyl sites for hydroxylation is 1. The maximum atomic E-state index is 12.1. The van der Waals surface area contributed by atoms with Crippen LogP contribution >= 0.6 is 0 Å². The Balaban J connectivity index is 1.85. The molecule has 1 fully saturated rings. The van der Waals surface area contributed by atoms with Gasteiger partial charge in [0, 0.05) is 13.1 Å². The molecule has 5 heteroatoms. The van der Waals surface area contributed by atoms with Crippen LogP contribution in [0.15, 0.2) is 24.3 Å². The summed E-state index contributed by atoms with van der Waals surface area (Å²) in [6.07, 6.45) is 1.59. The first kappa shape index (κ1) is 15.4. The van der Waals surface area contributed by atoms with Crippen molar-refractivity contribution in [3.05, 3.63) is 29.8 Å². The minimum Gasteiger partial charge on any atom is -0.484 e. The zero-order valence-electron chi connectivity index (χ0n) is 12.5. The Morgan fingerprint density at radius 3 is 2.67 bits per heavy atom. The number of methoxy groups -OCH3 is 1. The second-order valence-electron chi connectivity index (χ2n) is 5.30. The SMILES string of the molecule is COC(=O)C1CCCN(C(=O)COc2ccc(C)cc2)C1. The van der Waals surface area contributed by atoms with Gasteiger partial charge in [-0.25, -0.2) is 0 Å². The smallest absolute Gasteiger partial charge is 0.310 e. The molecule has 1 amide bonds. The molecule has 0 aromatic heterocycles. The molecule has 114 valence electrons. The summed E-state index contributed by atoms with van der Waals surface area (Å²) in [6, 6.07) is 7.56. The van der Waals surface area contributed by atoms with Crippen molar-refractivity contribution in [1.82, 2.24) is 4.90 Å². The summed E-state index contributed by atoms with van der Waals surface area (Å²) >= 11 is 0. The van der Waals surface area contributed by atoms with Crippen LogP contribution in [0.25, 0.3) is 0 Å². The first-order chi connectivity index (χ1) is 10.1. The molecular weight excluding hydrogens is 270 g/mol. The van der Waals surface area contributed by atoms with Crippen molar-refractivity contribution in [3.8, 4) is 5.75 Å². The second kappa shape index (κ2) is 7.11. The molecule has 0 N–H and O–H groups in total. The van der Waals surface area contributed by atoms with Gasteiger partial charge in [0.2, 0.25) is 0 Å². The molecule has 1 atom stereocenters. The van der Waals surface area contributed by atoms with E-state index in [4.69, 9.17) is 9.47 Å². The standard InChI is InChI=1S/C16H21NO4/c1-12-5-7-14(8-6-12)21-11-15(18)17-9-3-4-13(10-17)16(19)20-2/h5-8,13H,3-4,9-11H2,1-2H3. The Hall–Kier alpha value is -2.04. The molecule has 5 nitrogen and oxygen atoms in total. The Kier molecular flexibility index (Phi) is 5.20. The number of ether oxygens (including phenoxy) is 2. The first-order valence-corrected chi connectivity index (χ1v) is 7.15. The van der Waals surface area contributed by atoms with E-state index in [1.165, 1.54) is 7.11 Å². The summed E-state index contributed by atoms with van der Waals surface area (Å²) in [5.41, 5.74) is 1.14. The van der Waals surface area contributed by atoms with Crippen LogP contribution < -0.4 is 4.74 Å². The summed E-state index contributed by atoms with van der Waals surface area (Å²) in [7, 11) is 1.38. The van der Waals surface area contributed by atoms with Gasteiger partial charge in [0.1, 0.15) is 5.75 Å². The molecule has 0 saturated carbocycles. The maximum absolute atomic E-state index is 12.1. The number of carbonyl (C=O) groups is 2. The lowest BCUT2D eigenvalue weighted by molar-refractivity contribution is -0.149. The van der Waals surface area contributed by atoms with Crippen LogP contribution in [0, 0.1) is 12.8 Å². The van der Waals surface area contributed by atoms with Crippen molar-refractivity contribution in [2.24, 2.45) is 5.92 Å². The number of benzene rings is 1. The van der Waals surface area contributed by atoms with Crippen molar-refractivity contribution in [2.45, 2.75) is 19.8 Å². The molecule has 0 radical (unpaired) electrons. The Bertz CT molecular complexity index is 498. The summed E-state index contributed by atoms with van der Waals surface area (Å²) in [6.45, 7) is 3.08. The highest BCUT2D eigenvalue weighted by atomic mass is 16.5. The molecule has 1 aromatic carbocycles. The monoisotopic (exact) mass is 291 g/mol. The third-order valence-electron chi connectivity index (χ3n) is 3.69. The molecule has 1 aliphatic heterocycles. The van der Waals surface area contributed by atoms with Gasteiger partial charge in [-0.1, -0.05) is 17.7 Å². The molecule has 21 heavy (non-hydrogen) atoms. The minimum atomic E-state index is -0.244. The van der Waals surface area contributed by atoms with E-state index in [0.717, 1.165) is 18.4 Å². The molecule has 0 spiro atoms. The quantitative estimate of drug-likeness (QED) is 0.794. The summed E-state index contributed by atoms with van der Waals surface area (Å²) < 4.78 is 10.2. The van der Waals surface area contributed by atoms with E-state index < -0.39 is 0 Å². The van der Waals surface area contributed by atoms with Gasteiger partial charge in [-0.3, -0.25) is 9.59 Å². The number of rotatable bonds is 4. The zero-order chi connectivity index (χ0) is 15.2. The number of nitrogens with zero attached hydrogens (tertiary/aromatic N) is 1. The van der Waals surface area contributed by atoms with Crippen molar-refractivity contribution in [1.29, 1.82) is 0 Å². The predicted molar refractivity (Wildman–Crippen MR) is 78.0 cm³/mol. The maximum Gasteiger partial charge on any atom is 0.310 e. The van der Waals surface area contributed by atoms with Crippen LogP contribution in [-0.4, -0.2) is 43.6 Å². The highest BCUT2D eigenvalue weighted by Gasteiger charge is 2.29. The van der Waals surface area contributed by atoms with Crippen molar-refractivity contribution in [2.75, 3.05) is 26.8 Å². The normalized spacial score (nSPS) is 18.2. The van der Waals surface area contributed by atoms with Crippen LogP contribution in [0.2, 0.25) is 0 Å². The number of hydrogen-bond acceptors (Lipinski definition) is 4. The topological polar surface area (TPSA) is 55.8 Å². The number of likely N-dealkylation sites (tertiary alicyclic amines) is 1. The van der Waals surface area contributed by atoms with Crippen molar-refractivity contribution < 1.29 is 19.1 Å². The van der Waals surface area contributed by atoms with Crippen LogP contribution in [-0.2, 0) is 14.3 Å². The van der Waals surface area contributed by atoms with Gasteiger partial charge in [0.05, 0.1) is 13.0 Å². The lowest BCUT2D eigenvalue weighted by Gasteiger charge is -2.31. The fraction of sp³-hybridized carbons (Fsp3) is 0.500.